The van der Waals surface area contributed by atoms with Gasteiger partial charge in [0, 0.05) is 0 Å². The first-order valence-electron chi connectivity index (χ1n) is 5.41. The maximum atomic E-state index is 5.31. The number of ether oxygens (including phenoxy) is 1. The van der Waals surface area contributed by atoms with Crippen molar-refractivity contribution in [2.24, 2.45) is 0 Å². The molecule has 2 aromatic carbocycles. The van der Waals surface area contributed by atoms with Gasteiger partial charge < -0.3 is 4.74 Å². The molecule has 15 heavy (non-hydrogen) atoms. The van der Waals surface area contributed by atoms with Crippen LogP contribution < -0.4 is 4.74 Å². The van der Waals surface area contributed by atoms with E-state index < -0.39 is 0 Å². The molecule has 0 aliphatic carbocycles. The molecule has 0 spiro atoms. The number of aryl methyl sites for hydroxylation is 1. The van der Waals surface area contributed by atoms with Gasteiger partial charge in [0.15, 0.2) is 0 Å². The Kier molecular flexibility index (Phi) is 2.91. The molecule has 1 nitrogen and oxygen atoms in total. The lowest BCUT2D eigenvalue weighted by Gasteiger charge is -2.08. The Hall–Kier alpha value is -1.50. The molecule has 0 radical (unpaired) electrons. The van der Waals surface area contributed by atoms with E-state index in [9.17, 15) is 0 Å². The summed E-state index contributed by atoms with van der Waals surface area (Å²) in [6.07, 6.45) is 2.27. The second-order valence-corrected chi connectivity index (χ2v) is 3.76. The van der Waals surface area contributed by atoms with Gasteiger partial charge in [-0.05, 0) is 34.9 Å². The van der Waals surface area contributed by atoms with E-state index in [1.54, 1.807) is 7.11 Å². The summed E-state index contributed by atoms with van der Waals surface area (Å²) in [7, 11) is 1.72. The lowest BCUT2D eigenvalue weighted by Crippen LogP contribution is -1.89. The first-order chi connectivity index (χ1) is 7.35. The second-order valence-electron chi connectivity index (χ2n) is 3.76. The summed E-state index contributed by atoms with van der Waals surface area (Å²) in [6.45, 7) is 2.20. The molecule has 0 amide bonds. The van der Waals surface area contributed by atoms with E-state index in [0.717, 1.165) is 18.6 Å². The van der Waals surface area contributed by atoms with Crippen LogP contribution in [0.15, 0.2) is 36.4 Å². The van der Waals surface area contributed by atoms with Crippen LogP contribution in [-0.4, -0.2) is 7.11 Å². The van der Waals surface area contributed by atoms with Gasteiger partial charge in [-0.2, -0.15) is 0 Å². The standard InChI is InChI=1S/C14H16O/c1-3-6-11-9-13(15-2)10-12-7-4-5-8-14(11)12/h4-5,7-10H,3,6H2,1-2H3. The molecule has 1 heteroatoms. The number of hydrogen-bond acceptors (Lipinski definition) is 1. The van der Waals surface area contributed by atoms with E-state index in [2.05, 4.69) is 43.3 Å². The number of rotatable bonds is 3. The van der Waals surface area contributed by atoms with Crippen molar-refractivity contribution >= 4 is 10.8 Å². The fourth-order valence-corrected chi connectivity index (χ4v) is 1.95. The SMILES string of the molecule is CCCc1cc(OC)cc2ccccc12. The van der Waals surface area contributed by atoms with Gasteiger partial charge in [-0.3, -0.25) is 0 Å². The Bertz CT molecular complexity index is 460. The van der Waals surface area contributed by atoms with Crippen molar-refractivity contribution in [1.82, 2.24) is 0 Å². The summed E-state index contributed by atoms with van der Waals surface area (Å²) < 4.78 is 5.31. The predicted octanol–water partition coefficient (Wildman–Crippen LogP) is 3.80. The van der Waals surface area contributed by atoms with E-state index in [1.165, 1.54) is 16.3 Å². The molecule has 0 aromatic heterocycles. The van der Waals surface area contributed by atoms with Crippen LogP contribution in [-0.2, 0) is 6.42 Å². The molecule has 0 saturated heterocycles. The summed E-state index contributed by atoms with van der Waals surface area (Å²) in [5, 5.41) is 2.61. The molecule has 0 unspecified atom stereocenters. The van der Waals surface area contributed by atoms with E-state index in [4.69, 9.17) is 4.74 Å². The maximum Gasteiger partial charge on any atom is 0.119 e. The molecule has 2 rings (SSSR count). The zero-order valence-corrected chi connectivity index (χ0v) is 9.29. The third-order valence-electron chi connectivity index (χ3n) is 2.68. The van der Waals surface area contributed by atoms with Crippen LogP contribution in [0.2, 0.25) is 0 Å². The van der Waals surface area contributed by atoms with E-state index in [1.807, 2.05) is 0 Å². The normalized spacial score (nSPS) is 10.5. The molecule has 0 fully saturated rings. The molecule has 0 aliphatic heterocycles. The molecule has 0 N–H and O–H groups in total. The van der Waals surface area contributed by atoms with Gasteiger partial charge >= 0.3 is 0 Å². The third-order valence-corrected chi connectivity index (χ3v) is 2.68. The van der Waals surface area contributed by atoms with Crippen LogP contribution in [0.3, 0.4) is 0 Å². The van der Waals surface area contributed by atoms with Crippen LogP contribution >= 0.6 is 0 Å². The monoisotopic (exact) mass is 200 g/mol. The summed E-state index contributed by atoms with van der Waals surface area (Å²) in [4.78, 5) is 0. The van der Waals surface area contributed by atoms with Crippen LogP contribution in [0.5, 0.6) is 5.75 Å². The van der Waals surface area contributed by atoms with Crippen LogP contribution in [0.1, 0.15) is 18.9 Å². The van der Waals surface area contributed by atoms with Gasteiger partial charge in [-0.15, -0.1) is 0 Å². The molecular weight excluding hydrogens is 184 g/mol. The van der Waals surface area contributed by atoms with Gasteiger partial charge in [0.2, 0.25) is 0 Å². The van der Waals surface area contributed by atoms with Gasteiger partial charge in [-0.25, -0.2) is 0 Å². The molecule has 0 aliphatic rings. The maximum absolute atomic E-state index is 5.31. The second kappa shape index (κ2) is 4.35. The zero-order valence-electron chi connectivity index (χ0n) is 9.29. The van der Waals surface area contributed by atoms with Crippen molar-refractivity contribution in [3.63, 3.8) is 0 Å². The average Bonchev–Trinajstić information content (AvgIpc) is 2.29. The first kappa shape index (κ1) is 10.0. The molecule has 0 atom stereocenters. The van der Waals surface area contributed by atoms with E-state index in [0.29, 0.717) is 0 Å². The third kappa shape index (κ3) is 1.96. The van der Waals surface area contributed by atoms with Crippen molar-refractivity contribution in [2.75, 3.05) is 7.11 Å². The van der Waals surface area contributed by atoms with E-state index in [-0.39, 0.29) is 0 Å². The summed E-state index contributed by atoms with van der Waals surface area (Å²) in [5.74, 6) is 0.956. The van der Waals surface area contributed by atoms with Gasteiger partial charge in [0.25, 0.3) is 0 Å². The molecule has 78 valence electrons. The molecule has 2 aromatic rings. The Labute approximate surface area is 90.7 Å². The van der Waals surface area contributed by atoms with E-state index >= 15 is 0 Å². The summed E-state index contributed by atoms with van der Waals surface area (Å²) in [5.41, 5.74) is 1.38. The van der Waals surface area contributed by atoms with Gasteiger partial charge in [0.05, 0.1) is 7.11 Å². The Balaban J connectivity index is 2.63. The number of fused-ring (bicyclic) bond motifs is 1. The lowest BCUT2D eigenvalue weighted by atomic mass is 10.0. The van der Waals surface area contributed by atoms with Crippen LogP contribution in [0.4, 0.5) is 0 Å². The quantitative estimate of drug-likeness (QED) is 0.732. The van der Waals surface area contributed by atoms with Crippen LogP contribution in [0.25, 0.3) is 10.8 Å². The van der Waals surface area contributed by atoms with Gasteiger partial charge in [0.1, 0.15) is 5.75 Å². The molecule has 0 heterocycles. The predicted molar refractivity (Wildman–Crippen MR) is 64.5 cm³/mol. The largest absolute Gasteiger partial charge is 0.497 e. The Morgan fingerprint density at radius 2 is 1.93 bits per heavy atom. The molecule has 0 saturated carbocycles. The highest BCUT2D eigenvalue weighted by molar-refractivity contribution is 5.87. The smallest absolute Gasteiger partial charge is 0.119 e. The van der Waals surface area contributed by atoms with Crippen molar-refractivity contribution < 1.29 is 4.74 Å². The highest BCUT2D eigenvalue weighted by Gasteiger charge is 2.02. The molecule has 0 bridgehead atoms. The highest BCUT2D eigenvalue weighted by Crippen LogP contribution is 2.26. The van der Waals surface area contributed by atoms with Crippen molar-refractivity contribution in [1.29, 1.82) is 0 Å². The fourth-order valence-electron chi connectivity index (χ4n) is 1.95. The number of benzene rings is 2. The minimum atomic E-state index is 0.956. The number of methoxy groups -OCH3 is 1. The summed E-state index contributed by atoms with van der Waals surface area (Å²) >= 11 is 0. The number of hydrogen-bond donors (Lipinski definition) is 0. The van der Waals surface area contributed by atoms with Crippen molar-refractivity contribution in [3.05, 3.63) is 42.0 Å². The highest BCUT2D eigenvalue weighted by atomic mass is 16.5. The minimum absolute atomic E-state index is 0.956. The Morgan fingerprint density at radius 3 is 2.67 bits per heavy atom. The minimum Gasteiger partial charge on any atom is -0.497 e. The van der Waals surface area contributed by atoms with Crippen LogP contribution in [0, 0.1) is 0 Å². The van der Waals surface area contributed by atoms with Crippen molar-refractivity contribution in [3.8, 4) is 5.75 Å². The average molecular weight is 200 g/mol. The Morgan fingerprint density at radius 1 is 1.13 bits per heavy atom. The topological polar surface area (TPSA) is 9.23 Å². The molecular formula is C14H16O. The summed E-state index contributed by atoms with van der Waals surface area (Å²) in [6, 6.07) is 12.7. The zero-order chi connectivity index (χ0) is 10.7. The fraction of sp³-hybridized carbons (Fsp3) is 0.286. The van der Waals surface area contributed by atoms with Crippen molar-refractivity contribution in [2.45, 2.75) is 19.8 Å². The van der Waals surface area contributed by atoms with Gasteiger partial charge in [-0.1, -0.05) is 37.6 Å². The lowest BCUT2D eigenvalue weighted by molar-refractivity contribution is 0.415. The first-order valence-corrected chi connectivity index (χ1v) is 5.41.